The van der Waals surface area contributed by atoms with E-state index in [2.05, 4.69) is 18.8 Å². The van der Waals surface area contributed by atoms with E-state index in [9.17, 15) is 0 Å². The molecule has 1 aromatic heterocycles. The van der Waals surface area contributed by atoms with Gasteiger partial charge >= 0.3 is 0 Å². The van der Waals surface area contributed by atoms with Gasteiger partial charge in [-0.3, -0.25) is 0 Å². The number of nitrogens with two attached hydrogens (primary N) is 1. The first kappa shape index (κ1) is 10.7. The lowest BCUT2D eigenvalue weighted by molar-refractivity contribution is 0.715. The van der Waals surface area contributed by atoms with E-state index in [-0.39, 0.29) is 0 Å². The third-order valence-electron chi connectivity index (χ3n) is 2.74. The third kappa shape index (κ3) is 1.69. The number of rotatable bonds is 2. The quantitative estimate of drug-likeness (QED) is 0.837. The largest absolute Gasteiger partial charge is 0.383 e. The molecule has 2 N–H and O–H groups in total. The maximum Gasteiger partial charge on any atom is 0.131 e. The Morgan fingerprint density at radius 3 is 2.31 bits per heavy atom. The van der Waals surface area contributed by atoms with Crippen LogP contribution in [0.2, 0.25) is 0 Å². The molecule has 0 saturated carbocycles. The predicted molar refractivity (Wildman–Crippen MR) is 67.1 cm³/mol. The van der Waals surface area contributed by atoms with Crippen LogP contribution in [0, 0.1) is 0 Å². The first-order valence-corrected chi connectivity index (χ1v) is 5.48. The fraction of sp³-hybridized carbons (Fsp3) is 0.308. The van der Waals surface area contributed by atoms with Crippen molar-refractivity contribution in [2.45, 2.75) is 19.8 Å². The molecule has 84 valence electrons. The van der Waals surface area contributed by atoms with Crippen LogP contribution in [-0.2, 0) is 7.05 Å². The van der Waals surface area contributed by atoms with Crippen molar-refractivity contribution in [1.29, 1.82) is 0 Å². The van der Waals surface area contributed by atoms with Crippen molar-refractivity contribution in [3.8, 4) is 11.3 Å². The third-order valence-corrected chi connectivity index (χ3v) is 2.74. The summed E-state index contributed by atoms with van der Waals surface area (Å²) in [6.45, 7) is 4.24. The number of hydrogen-bond donors (Lipinski definition) is 1. The highest BCUT2D eigenvalue weighted by atomic mass is 15.1. The van der Waals surface area contributed by atoms with E-state index in [1.165, 1.54) is 0 Å². The van der Waals surface area contributed by atoms with Crippen molar-refractivity contribution in [1.82, 2.24) is 9.55 Å². The molecule has 2 rings (SSSR count). The van der Waals surface area contributed by atoms with Gasteiger partial charge in [-0.25, -0.2) is 4.98 Å². The number of hydrogen-bond acceptors (Lipinski definition) is 2. The minimum atomic E-state index is 0.379. The van der Waals surface area contributed by atoms with Crippen LogP contribution in [0.3, 0.4) is 0 Å². The van der Waals surface area contributed by atoms with Crippen molar-refractivity contribution in [3.63, 3.8) is 0 Å². The molecular formula is C13H17N3. The van der Waals surface area contributed by atoms with Gasteiger partial charge in [0.2, 0.25) is 0 Å². The highest BCUT2D eigenvalue weighted by Gasteiger charge is 2.15. The fourth-order valence-electron chi connectivity index (χ4n) is 1.85. The Morgan fingerprint density at radius 2 is 1.81 bits per heavy atom. The monoisotopic (exact) mass is 215 g/mol. The lowest BCUT2D eigenvalue weighted by Crippen LogP contribution is -2.02. The topological polar surface area (TPSA) is 43.8 Å². The Morgan fingerprint density at radius 1 is 1.19 bits per heavy atom. The Bertz CT molecular complexity index is 483. The average molecular weight is 215 g/mol. The summed E-state index contributed by atoms with van der Waals surface area (Å²) in [6.07, 6.45) is 0. The average Bonchev–Trinajstić information content (AvgIpc) is 2.58. The molecule has 0 fully saturated rings. The van der Waals surface area contributed by atoms with E-state index in [1.807, 2.05) is 41.9 Å². The molecule has 1 aromatic carbocycles. The van der Waals surface area contributed by atoms with E-state index in [0.29, 0.717) is 5.92 Å². The van der Waals surface area contributed by atoms with Gasteiger partial charge in [-0.1, -0.05) is 44.2 Å². The molecule has 0 amide bonds. The van der Waals surface area contributed by atoms with Gasteiger partial charge in [-0.2, -0.15) is 0 Å². The zero-order valence-electron chi connectivity index (χ0n) is 9.94. The summed E-state index contributed by atoms with van der Waals surface area (Å²) in [5.74, 6) is 2.14. The van der Waals surface area contributed by atoms with E-state index in [1.54, 1.807) is 0 Å². The lowest BCUT2D eigenvalue weighted by Gasteiger charge is -2.04. The Balaban J connectivity index is 2.55. The zero-order valence-corrected chi connectivity index (χ0v) is 9.94. The first-order valence-electron chi connectivity index (χ1n) is 5.48. The SMILES string of the molecule is CC(C)c1nc(-c2ccccc2)c(N)n1C. The molecule has 0 saturated heterocycles. The Hall–Kier alpha value is -1.77. The number of benzene rings is 1. The maximum absolute atomic E-state index is 6.07. The Kier molecular flexibility index (Phi) is 2.69. The van der Waals surface area contributed by atoms with Gasteiger partial charge in [-0.15, -0.1) is 0 Å². The molecule has 16 heavy (non-hydrogen) atoms. The van der Waals surface area contributed by atoms with Gasteiger partial charge in [0.25, 0.3) is 0 Å². The van der Waals surface area contributed by atoms with Gasteiger partial charge in [0.1, 0.15) is 17.3 Å². The summed E-state index contributed by atoms with van der Waals surface area (Å²) in [4.78, 5) is 4.62. The van der Waals surface area contributed by atoms with Crippen LogP contribution >= 0.6 is 0 Å². The molecule has 2 aromatic rings. The fourth-order valence-corrected chi connectivity index (χ4v) is 1.85. The van der Waals surface area contributed by atoms with Gasteiger partial charge in [0.15, 0.2) is 0 Å². The van der Waals surface area contributed by atoms with Gasteiger partial charge in [0.05, 0.1) is 0 Å². The molecule has 0 spiro atoms. The van der Waals surface area contributed by atoms with E-state index in [0.717, 1.165) is 22.9 Å². The molecule has 3 heteroatoms. The number of anilines is 1. The van der Waals surface area contributed by atoms with E-state index >= 15 is 0 Å². The van der Waals surface area contributed by atoms with Crippen LogP contribution in [0.4, 0.5) is 5.82 Å². The second-order valence-corrected chi connectivity index (χ2v) is 4.28. The van der Waals surface area contributed by atoms with Crippen LogP contribution in [-0.4, -0.2) is 9.55 Å². The number of imidazole rings is 1. The first-order chi connectivity index (χ1) is 7.61. The summed E-state index contributed by atoms with van der Waals surface area (Å²) >= 11 is 0. The van der Waals surface area contributed by atoms with Gasteiger partial charge in [0, 0.05) is 18.5 Å². The van der Waals surface area contributed by atoms with Crippen LogP contribution in [0.15, 0.2) is 30.3 Å². The zero-order chi connectivity index (χ0) is 11.7. The van der Waals surface area contributed by atoms with Gasteiger partial charge in [-0.05, 0) is 0 Å². The standard InChI is InChI=1S/C13H17N3/c1-9(2)13-15-11(12(14)16(13)3)10-7-5-4-6-8-10/h4-9H,14H2,1-3H3. The smallest absolute Gasteiger partial charge is 0.131 e. The number of nitrogen functional groups attached to an aromatic ring is 1. The molecule has 0 unspecified atom stereocenters. The van der Waals surface area contributed by atoms with Crippen molar-refractivity contribution >= 4 is 5.82 Å². The molecular weight excluding hydrogens is 198 g/mol. The van der Waals surface area contributed by atoms with Crippen molar-refractivity contribution < 1.29 is 0 Å². The summed E-state index contributed by atoms with van der Waals surface area (Å²) in [6, 6.07) is 10.1. The normalized spacial score (nSPS) is 11.0. The number of nitrogens with zero attached hydrogens (tertiary/aromatic N) is 2. The minimum Gasteiger partial charge on any atom is -0.383 e. The summed E-state index contributed by atoms with van der Waals surface area (Å²) < 4.78 is 1.97. The Labute approximate surface area is 95.9 Å². The van der Waals surface area contributed by atoms with Gasteiger partial charge < -0.3 is 10.3 Å². The summed E-state index contributed by atoms with van der Waals surface area (Å²) in [7, 11) is 1.96. The van der Waals surface area contributed by atoms with Crippen LogP contribution in [0.1, 0.15) is 25.6 Å². The van der Waals surface area contributed by atoms with Crippen molar-refractivity contribution in [3.05, 3.63) is 36.2 Å². The predicted octanol–water partition coefficient (Wildman–Crippen LogP) is 2.79. The minimum absolute atomic E-state index is 0.379. The van der Waals surface area contributed by atoms with Crippen LogP contribution < -0.4 is 5.73 Å². The molecule has 0 aliphatic carbocycles. The second-order valence-electron chi connectivity index (χ2n) is 4.28. The molecule has 1 heterocycles. The summed E-state index contributed by atoms with van der Waals surface area (Å²) in [5, 5.41) is 0. The van der Waals surface area contributed by atoms with Crippen LogP contribution in [0.25, 0.3) is 11.3 Å². The van der Waals surface area contributed by atoms with Crippen molar-refractivity contribution in [2.24, 2.45) is 7.05 Å². The molecule has 0 radical (unpaired) electrons. The highest BCUT2D eigenvalue weighted by molar-refractivity contribution is 5.70. The van der Waals surface area contributed by atoms with E-state index < -0.39 is 0 Å². The highest BCUT2D eigenvalue weighted by Crippen LogP contribution is 2.27. The lowest BCUT2D eigenvalue weighted by atomic mass is 10.1. The second kappa shape index (κ2) is 4.00. The maximum atomic E-state index is 6.07. The molecule has 0 bridgehead atoms. The van der Waals surface area contributed by atoms with Crippen molar-refractivity contribution in [2.75, 3.05) is 5.73 Å². The van der Waals surface area contributed by atoms with Crippen LogP contribution in [0.5, 0.6) is 0 Å². The molecule has 0 atom stereocenters. The summed E-state index contributed by atoms with van der Waals surface area (Å²) in [5.41, 5.74) is 8.03. The molecule has 0 aliphatic rings. The number of aromatic nitrogens is 2. The molecule has 3 nitrogen and oxygen atoms in total. The van der Waals surface area contributed by atoms with E-state index in [4.69, 9.17) is 5.73 Å². The molecule has 0 aliphatic heterocycles.